The van der Waals surface area contributed by atoms with Crippen molar-refractivity contribution in [2.24, 2.45) is 0 Å². The molecule has 0 unspecified atom stereocenters. The van der Waals surface area contributed by atoms with E-state index in [1.165, 1.54) is 4.90 Å². The van der Waals surface area contributed by atoms with E-state index >= 15 is 0 Å². The number of phenolic OH excluding ortho intramolecular Hbond substituents is 1. The molecule has 0 aliphatic carbocycles. The molecule has 0 spiro atoms. The molecule has 7 heteroatoms. The Morgan fingerprint density at radius 2 is 1.88 bits per heavy atom. The number of rotatable bonds is 4. The third-order valence-electron chi connectivity index (χ3n) is 4.31. The van der Waals surface area contributed by atoms with Gasteiger partial charge in [0.25, 0.3) is 5.91 Å². The van der Waals surface area contributed by atoms with Gasteiger partial charge in [0.05, 0.1) is 42.6 Å². The predicted molar refractivity (Wildman–Crippen MR) is 101 cm³/mol. The van der Waals surface area contributed by atoms with Gasteiger partial charge in [-0.1, -0.05) is 35.3 Å². The van der Waals surface area contributed by atoms with Crippen LogP contribution in [0.2, 0.25) is 10.0 Å². The summed E-state index contributed by atoms with van der Waals surface area (Å²) in [6.45, 7) is 3.60. The fourth-order valence-corrected chi connectivity index (χ4v) is 3.32. The van der Waals surface area contributed by atoms with Gasteiger partial charge in [-0.05, 0) is 30.3 Å². The van der Waals surface area contributed by atoms with Crippen LogP contribution in [0.5, 0.6) is 5.75 Å². The maximum absolute atomic E-state index is 12.3. The molecule has 0 radical (unpaired) electrons. The van der Waals surface area contributed by atoms with Gasteiger partial charge in [0, 0.05) is 5.02 Å². The number of hydrogen-bond acceptors (Lipinski definition) is 3. The van der Waals surface area contributed by atoms with E-state index in [0.29, 0.717) is 28.0 Å². The van der Waals surface area contributed by atoms with Crippen molar-refractivity contribution in [3.63, 3.8) is 0 Å². The van der Waals surface area contributed by atoms with Gasteiger partial charge in [-0.3, -0.25) is 4.79 Å². The first-order chi connectivity index (χ1) is 12.0. The molecule has 1 fully saturated rings. The lowest BCUT2D eigenvalue weighted by Crippen LogP contribution is -3.15. The minimum Gasteiger partial charge on any atom is -0.506 e. The summed E-state index contributed by atoms with van der Waals surface area (Å²) in [5.74, 6) is 0.203. The number of carbonyl (C=O) groups is 1. The molecule has 1 amide bonds. The number of phenols is 1. The maximum Gasteiger partial charge on any atom is 0.279 e. The van der Waals surface area contributed by atoms with Crippen LogP contribution in [-0.2, 0) is 4.79 Å². The Bertz CT molecular complexity index is 762. The van der Waals surface area contributed by atoms with Gasteiger partial charge in [0.1, 0.15) is 5.75 Å². The van der Waals surface area contributed by atoms with E-state index in [2.05, 4.69) is 10.2 Å². The van der Waals surface area contributed by atoms with E-state index in [1.807, 2.05) is 18.2 Å². The zero-order valence-electron chi connectivity index (χ0n) is 13.6. The van der Waals surface area contributed by atoms with E-state index in [1.54, 1.807) is 24.3 Å². The SMILES string of the molecule is O=C(C[NH+]1CCN(c2ccccc2O)CC1)Nc1cc(Cl)ccc1Cl. The molecular weight excluding hydrogens is 361 g/mol. The zero-order chi connectivity index (χ0) is 17.8. The summed E-state index contributed by atoms with van der Waals surface area (Å²) in [5.41, 5.74) is 1.38. The molecule has 3 rings (SSSR count). The fourth-order valence-electron chi connectivity index (χ4n) is 2.99. The van der Waals surface area contributed by atoms with Crippen molar-refractivity contribution >= 4 is 40.5 Å². The normalized spacial score (nSPS) is 15.2. The van der Waals surface area contributed by atoms with Crippen molar-refractivity contribution < 1.29 is 14.8 Å². The van der Waals surface area contributed by atoms with Crippen molar-refractivity contribution in [3.05, 3.63) is 52.5 Å². The van der Waals surface area contributed by atoms with Crippen LogP contribution < -0.4 is 15.1 Å². The number of anilines is 2. The molecule has 132 valence electrons. The summed E-state index contributed by atoms with van der Waals surface area (Å²) < 4.78 is 0. The molecule has 0 bridgehead atoms. The maximum atomic E-state index is 12.3. The number of aromatic hydroxyl groups is 1. The van der Waals surface area contributed by atoms with E-state index in [9.17, 15) is 9.90 Å². The summed E-state index contributed by atoms with van der Waals surface area (Å²) in [6, 6.07) is 12.3. The van der Waals surface area contributed by atoms with Gasteiger partial charge >= 0.3 is 0 Å². The number of nitrogens with one attached hydrogen (secondary N) is 2. The molecular formula is C18H20Cl2N3O2+. The largest absolute Gasteiger partial charge is 0.506 e. The molecule has 2 aromatic carbocycles. The van der Waals surface area contributed by atoms with Crippen LogP contribution in [0.4, 0.5) is 11.4 Å². The summed E-state index contributed by atoms with van der Waals surface area (Å²) in [7, 11) is 0. The van der Waals surface area contributed by atoms with Crippen molar-refractivity contribution in [1.82, 2.24) is 0 Å². The van der Waals surface area contributed by atoms with Gasteiger partial charge in [-0.25, -0.2) is 0 Å². The molecule has 2 aromatic rings. The van der Waals surface area contributed by atoms with E-state index in [-0.39, 0.29) is 5.91 Å². The molecule has 25 heavy (non-hydrogen) atoms. The quantitative estimate of drug-likeness (QED) is 0.760. The van der Waals surface area contributed by atoms with Crippen LogP contribution in [0, 0.1) is 0 Å². The number of nitrogens with zero attached hydrogens (tertiary/aromatic N) is 1. The van der Waals surface area contributed by atoms with Gasteiger partial charge < -0.3 is 20.2 Å². The Labute approximate surface area is 156 Å². The van der Waals surface area contributed by atoms with Crippen molar-refractivity contribution in [3.8, 4) is 5.75 Å². The molecule has 0 saturated carbocycles. The third kappa shape index (κ3) is 4.57. The Morgan fingerprint density at radius 3 is 2.60 bits per heavy atom. The topological polar surface area (TPSA) is 57.0 Å². The number of halogens is 2. The second kappa shape index (κ2) is 7.95. The first-order valence-corrected chi connectivity index (χ1v) is 8.90. The number of para-hydroxylation sites is 2. The smallest absolute Gasteiger partial charge is 0.279 e. The summed E-state index contributed by atoms with van der Waals surface area (Å²) in [5, 5.41) is 13.8. The summed E-state index contributed by atoms with van der Waals surface area (Å²) in [4.78, 5) is 15.6. The Balaban J connectivity index is 1.53. The lowest BCUT2D eigenvalue weighted by atomic mass is 10.2. The first-order valence-electron chi connectivity index (χ1n) is 8.14. The highest BCUT2D eigenvalue weighted by molar-refractivity contribution is 6.35. The average molecular weight is 381 g/mol. The Morgan fingerprint density at radius 1 is 1.16 bits per heavy atom. The van der Waals surface area contributed by atoms with Crippen LogP contribution in [0.25, 0.3) is 0 Å². The number of carbonyl (C=O) groups excluding carboxylic acids is 1. The standard InChI is InChI=1S/C18H19Cl2N3O2/c19-13-5-6-14(20)15(11-13)21-18(25)12-22-7-9-23(10-8-22)16-3-1-2-4-17(16)24/h1-6,11,24H,7-10,12H2,(H,21,25)/p+1. The molecule has 1 saturated heterocycles. The van der Waals surface area contributed by atoms with Crippen LogP contribution in [0.15, 0.2) is 42.5 Å². The third-order valence-corrected chi connectivity index (χ3v) is 4.87. The number of hydrogen-bond donors (Lipinski definition) is 3. The van der Waals surface area contributed by atoms with Crippen LogP contribution >= 0.6 is 23.2 Å². The molecule has 3 N–H and O–H groups in total. The second-order valence-corrected chi connectivity index (χ2v) is 6.92. The monoisotopic (exact) mass is 380 g/mol. The fraction of sp³-hybridized carbons (Fsp3) is 0.278. The van der Waals surface area contributed by atoms with Crippen LogP contribution in [0.1, 0.15) is 0 Å². The molecule has 5 nitrogen and oxygen atoms in total. The van der Waals surface area contributed by atoms with Crippen molar-refractivity contribution in [1.29, 1.82) is 0 Å². The number of benzene rings is 2. The number of piperazine rings is 1. The molecule has 0 aromatic heterocycles. The van der Waals surface area contributed by atoms with Gasteiger partial charge in [0.2, 0.25) is 0 Å². The predicted octanol–water partition coefficient (Wildman–Crippen LogP) is 2.04. The highest BCUT2D eigenvalue weighted by Gasteiger charge is 2.23. The highest BCUT2D eigenvalue weighted by atomic mass is 35.5. The molecule has 0 atom stereocenters. The zero-order valence-corrected chi connectivity index (χ0v) is 15.1. The lowest BCUT2D eigenvalue weighted by Gasteiger charge is -2.33. The van der Waals surface area contributed by atoms with E-state index in [0.717, 1.165) is 31.9 Å². The number of amides is 1. The Hall–Kier alpha value is -1.95. The van der Waals surface area contributed by atoms with Crippen molar-refractivity contribution in [2.45, 2.75) is 0 Å². The first kappa shape index (κ1) is 17.9. The van der Waals surface area contributed by atoms with Gasteiger partial charge in [-0.15, -0.1) is 0 Å². The minimum absolute atomic E-state index is 0.0878. The minimum atomic E-state index is -0.0878. The summed E-state index contributed by atoms with van der Waals surface area (Å²) >= 11 is 12.0. The van der Waals surface area contributed by atoms with E-state index in [4.69, 9.17) is 23.2 Å². The van der Waals surface area contributed by atoms with Crippen LogP contribution in [0.3, 0.4) is 0 Å². The highest BCUT2D eigenvalue weighted by Crippen LogP contribution is 2.26. The van der Waals surface area contributed by atoms with Crippen molar-refractivity contribution in [2.75, 3.05) is 42.9 Å². The Kier molecular flexibility index (Phi) is 5.68. The lowest BCUT2D eigenvalue weighted by molar-refractivity contribution is -0.892. The van der Waals surface area contributed by atoms with Crippen LogP contribution in [-0.4, -0.2) is 43.7 Å². The second-order valence-electron chi connectivity index (χ2n) is 6.07. The molecule has 1 heterocycles. The van der Waals surface area contributed by atoms with Gasteiger partial charge in [0.15, 0.2) is 6.54 Å². The average Bonchev–Trinajstić information content (AvgIpc) is 2.59. The summed E-state index contributed by atoms with van der Waals surface area (Å²) in [6.07, 6.45) is 0. The van der Waals surface area contributed by atoms with Gasteiger partial charge in [-0.2, -0.15) is 0 Å². The molecule has 1 aliphatic heterocycles. The molecule has 1 aliphatic rings. The number of quaternary nitrogens is 1. The van der Waals surface area contributed by atoms with E-state index < -0.39 is 0 Å².